The van der Waals surface area contributed by atoms with Gasteiger partial charge in [-0.05, 0) is 30.2 Å². The number of aromatic nitrogens is 3. The molecule has 3 heteroatoms. The van der Waals surface area contributed by atoms with E-state index in [1.807, 2.05) is 162 Å². The first-order chi connectivity index (χ1) is 18.8. The van der Waals surface area contributed by atoms with E-state index in [2.05, 4.69) is 35.8 Å². The lowest BCUT2D eigenvalue weighted by atomic mass is 10.2. The summed E-state index contributed by atoms with van der Waals surface area (Å²) in [5.41, 5.74) is 2.59. The van der Waals surface area contributed by atoms with Crippen LogP contribution in [0.4, 0.5) is 0 Å². The van der Waals surface area contributed by atoms with Crippen molar-refractivity contribution in [3.63, 3.8) is 0 Å². The number of nitrogens with zero attached hydrogens (tertiary/aromatic N) is 3. The fraction of sp³-hybridized carbons (Fsp3) is 0.444. The van der Waals surface area contributed by atoms with Gasteiger partial charge in [-0.15, -0.1) is 0 Å². The summed E-state index contributed by atoms with van der Waals surface area (Å²) in [6, 6.07) is 25.6. The monoisotopic (exact) mass is 541 g/mol. The van der Waals surface area contributed by atoms with Gasteiger partial charge in [-0.25, -0.2) is 9.50 Å². The largest absolute Gasteiger partial charge is 0.234 e. The molecule has 0 bridgehead atoms. The maximum Gasteiger partial charge on any atom is 0.154 e. The zero-order chi connectivity index (χ0) is 30.5. The second-order valence-corrected chi connectivity index (χ2v) is 5.41. The maximum absolute atomic E-state index is 4.23. The minimum Gasteiger partial charge on any atom is -0.234 e. The van der Waals surface area contributed by atoms with Gasteiger partial charge in [0, 0.05) is 13.2 Å². The van der Waals surface area contributed by atoms with Crippen LogP contribution in [-0.4, -0.2) is 14.6 Å². The predicted molar refractivity (Wildman–Crippen MR) is 185 cm³/mol. The van der Waals surface area contributed by atoms with Crippen LogP contribution in [0.25, 0.3) is 5.65 Å². The van der Waals surface area contributed by atoms with Gasteiger partial charge in [0.15, 0.2) is 5.65 Å². The fourth-order valence-electron chi connectivity index (χ4n) is 1.96. The molecule has 3 nitrogen and oxygen atoms in total. The van der Waals surface area contributed by atoms with E-state index in [-0.39, 0.29) is 8.85 Å². The summed E-state index contributed by atoms with van der Waals surface area (Å²) >= 11 is 0. The van der Waals surface area contributed by atoms with Gasteiger partial charge in [0.1, 0.15) is 5.69 Å². The van der Waals surface area contributed by atoms with Gasteiger partial charge in [0.05, 0.1) is 6.20 Å². The van der Waals surface area contributed by atoms with E-state index in [1.54, 1.807) is 16.9 Å². The molecule has 39 heavy (non-hydrogen) atoms. The second kappa shape index (κ2) is 47.8. The van der Waals surface area contributed by atoms with Crippen molar-refractivity contribution < 1.29 is 1.43 Å². The average molecular weight is 541 g/mol. The molecular weight excluding hydrogens is 474 g/mol. The van der Waals surface area contributed by atoms with E-state index in [0.717, 1.165) is 16.9 Å². The Morgan fingerprint density at radius 2 is 0.974 bits per heavy atom. The minimum atomic E-state index is 0. The summed E-state index contributed by atoms with van der Waals surface area (Å²) < 4.78 is 1.73. The van der Waals surface area contributed by atoms with E-state index in [4.69, 9.17) is 0 Å². The Bertz CT molecular complexity index is 914. The van der Waals surface area contributed by atoms with Gasteiger partial charge in [0.25, 0.3) is 0 Å². The number of fused-ring (bicyclic) bond motifs is 1. The van der Waals surface area contributed by atoms with E-state index < -0.39 is 0 Å². The third-order valence-electron chi connectivity index (χ3n) is 3.05. The quantitative estimate of drug-likeness (QED) is 0.208. The molecule has 0 atom stereocenters. The summed E-state index contributed by atoms with van der Waals surface area (Å²) in [5, 5.41) is 4.21. The van der Waals surface area contributed by atoms with Crippen LogP contribution in [0, 0.1) is 11.8 Å². The Labute approximate surface area is 246 Å². The molecule has 0 amide bonds. The third-order valence-corrected chi connectivity index (χ3v) is 3.05. The molecule has 0 aliphatic heterocycles. The minimum absolute atomic E-state index is 0. The molecule has 0 fully saturated rings. The van der Waals surface area contributed by atoms with Crippen molar-refractivity contribution in [3.05, 3.63) is 103 Å². The topological polar surface area (TPSA) is 30.2 Å². The highest BCUT2D eigenvalue weighted by Crippen LogP contribution is 2.03. The predicted octanol–water partition coefficient (Wildman–Crippen LogP) is 12.3. The molecule has 0 spiro atoms. The second-order valence-electron chi connectivity index (χ2n) is 5.41. The highest BCUT2D eigenvalue weighted by molar-refractivity contribution is 5.45. The number of hydrogen-bond acceptors (Lipinski definition) is 2. The van der Waals surface area contributed by atoms with E-state index >= 15 is 0 Å². The molecule has 0 N–H and O–H groups in total. The average Bonchev–Trinajstić information content (AvgIpc) is 3.47. The third kappa shape index (κ3) is 29.0. The molecule has 0 saturated heterocycles. The van der Waals surface area contributed by atoms with Crippen LogP contribution in [-0.2, 0) is 0 Å². The normalized spacial score (nSPS) is 6.92. The summed E-state index contributed by atoms with van der Waals surface area (Å²) in [5.74, 6) is 6.16. The van der Waals surface area contributed by atoms with E-state index in [9.17, 15) is 0 Å². The Balaban J connectivity index is -0.0000000802. The van der Waals surface area contributed by atoms with Crippen LogP contribution >= 0.6 is 0 Å². The van der Waals surface area contributed by atoms with Crippen molar-refractivity contribution in [3.8, 4) is 11.8 Å². The smallest absolute Gasteiger partial charge is 0.154 e. The van der Waals surface area contributed by atoms with E-state index in [1.165, 1.54) is 6.42 Å². The number of imidazole rings is 1. The van der Waals surface area contributed by atoms with Crippen LogP contribution < -0.4 is 0 Å². The Hall–Kier alpha value is -3.38. The zero-order valence-electron chi connectivity index (χ0n) is 27.2. The lowest BCUT2D eigenvalue weighted by Crippen LogP contribution is -1.92. The van der Waals surface area contributed by atoms with Gasteiger partial charge in [-0.2, -0.15) is 5.10 Å². The molecule has 2 aromatic heterocycles. The molecule has 0 saturated carbocycles. The van der Waals surface area contributed by atoms with Crippen molar-refractivity contribution in [2.24, 2.45) is 0 Å². The first-order valence-corrected chi connectivity index (χ1v) is 14.7. The summed E-state index contributed by atoms with van der Waals surface area (Å²) in [6.07, 6.45) is 4.71. The number of rotatable bonds is 0. The first-order valence-electron chi connectivity index (χ1n) is 14.7. The van der Waals surface area contributed by atoms with E-state index in [0.29, 0.717) is 0 Å². The van der Waals surface area contributed by atoms with Crippen molar-refractivity contribution in [1.29, 1.82) is 0 Å². The van der Waals surface area contributed by atoms with Gasteiger partial charge in [-0.3, -0.25) is 0 Å². The standard InChI is InChI=1S/C14H9N3.C6H6.C3H8.6C2H6.CH4.H2/c1-2-5-12(6-3-1)8-9-13-11-15-14-7-4-10-16-17(13)14;1-2-4-6-5-3-1;1-3-2;6*1-2;;/h1-7,10-11H;1-6H;3H2,1-2H3;6*1-2H3;1H4;1H/i;;;;;;;;;;1+1. The van der Waals surface area contributed by atoms with Gasteiger partial charge < -0.3 is 0 Å². The van der Waals surface area contributed by atoms with Crippen LogP contribution in [0.2, 0.25) is 0 Å². The summed E-state index contributed by atoms with van der Waals surface area (Å²) in [6.45, 7) is 28.2. The van der Waals surface area contributed by atoms with Crippen LogP contribution in [0.1, 0.15) is 123 Å². The van der Waals surface area contributed by atoms with Crippen LogP contribution in [0.15, 0.2) is 91.3 Å². The molecule has 4 aromatic rings. The Morgan fingerprint density at radius 1 is 0.590 bits per heavy atom. The lowest BCUT2D eigenvalue weighted by molar-refractivity contribution is 0.923. The van der Waals surface area contributed by atoms with Crippen molar-refractivity contribution in [1.82, 2.24) is 14.6 Å². The van der Waals surface area contributed by atoms with Gasteiger partial charge in [0.2, 0.25) is 0 Å². The molecule has 0 aliphatic rings. The van der Waals surface area contributed by atoms with Gasteiger partial charge in [-0.1, -0.05) is 171 Å². The van der Waals surface area contributed by atoms with Crippen molar-refractivity contribution >= 4 is 5.65 Å². The van der Waals surface area contributed by atoms with Crippen LogP contribution in [0.3, 0.4) is 0 Å². The summed E-state index contributed by atoms with van der Waals surface area (Å²) in [4.78, 5) is 4.23. The molecule has 224 valence electrons. The molecule has 0 radical (unpaired) electrons. The molecular formula is C36H65N3. The summed E-state index contributed by atoms with van der Waals surface area (Å²) in [7, 11) is 0. The molecule has 2 aromatic carbocycles. The molecule has 0 unspecified atom stereocenters. The Kier molecular flexibility index (Phi) is 59.6. The molecule has 2 heterocycles. The van der Waals surface area contributed by atoms with Gasteiger partial charge >= 0.3 is 0 Å². The van der Waals surface area contributed by atoms with Crippen LogP contribution in [0.5, 0.6) is 0 Å². The van der Waals surface area contributed by atoms with Crippen molar-refractivity contribution in [2.75, 3.05) is 0 Å². The van der Waals surface area contributed by atoms with Crippen molar-refractivity contribution in [2.45, 2.75) is 111 Å². The highest BCUT2D eigenvalue weighted by atomic mass is 15.2. The SMILES string of the molecule is C.C(#Cc1cnc2cccnn12)c1ccccc1.CC.CC.CC.CC.CC.CC.CCC.[2HH].c1ccccc1. The maximum atomic E-state index is 4.23. The highest BCUT2D eigenvalue weighted by Gasteiger charge is 1.98. The first kappa shape index (κ1) is 48.7. The number of hydrogen-bond donors (Lipinski definition) is 0. The molecule has 0 aliphatic carbocycles. The lowest BCUT2D eigenvalue weighted by Gasteiger charge is -1.91. The number of benzene rings is 2. The fourth-order valence-corrected chi connectivity index (χ4v) is 1.96. The molecule has 4 rings (SSSR count). The zero-order valence-corrected chi connectivity index (χ0v) is 27.2. The Morgan fingerprint density at radius 3 is 1.38 bits per heavy atom.